The lowest BCUT2D eigenvalue weighted by molar-refractivity contribution is 0.581. The molecular weight excluding hydrogens is 309 g/mol. The molecule has 0 bridgehead atoms. The molecule has 0 radical (unpaired) electrons. The van der Waals surface area contributed by atoms with Crippen LogP contribution in [0.3, 0.4) is 0 Å². The van der Waals surface area contributed by atoms with Crippen LogP contribution >= 0.6 is 15.9 Å². The fourth-order valence-electron chi connectivity index (χ4n) is 2.47. The minimum Gasteiger partial charge on any atom is -0.308 e. The highest BCUT2D eigenvalue weighted by Gasteiger charge is 2.16. The van der Waals surface area contributed by atoms with Gasteiger partial charge in [-0.25, -0.2) is 10.2 Å². The van der Waals surface area contributed by atoms with E-state index < -0.39 is 0 Å². The lowest BCUT2D eigenvalue weighted by Gasteiger charge is -2.14. The zero-order chi connectivity index (χ0) is 13.7. The first-order valence-corrected chi connectivity index (χ1v) is 7.50. The number of hydrogen-bond acceptors (Lipinski definition) is 2. The summed E-state index contributed by atoms with van der Waals surface area (Å²) in [6, 6.07) is 5.10. The Morgan fingerprint density at radius 3 is 2.53 bits per heavy atom. The Morgan fingerprint density at radius 2 is 1.95 bits per heavy atom. The predicted molar refractivity (Wildman–Crippen MR) is 79.5 cm³/mol. The summed E-state index contributed by atoms with van der Waals surface area (Å²) < 4.78 is 14.6. The number of amidine groups is 1. The Labute approximate surface area is 121 Å². The molecule has 3 N–H and O–H groups in total. The van der Waals surface area contributed by atoms with E-state index in [1.807, 2.05) is 0 Å². The van der Waals surface area contributed by atoms with Crippen LogP contribution in [0.5, 0.6) is 0 Å². The van der Waals surface area contributed by atoms with E-state index in [1.54, 1.807) is 12.1 Å². The van der Waals surface area contributed by atoms with Gasteiger partial charge in [0.2, 0.25) is 0 Å². The molecule has 0 aliphatic heterocycles. The van der Waals surface area contributed by atoms with E-state index in [0.29, 0.717) is 15.9 Å². The minimum atomic E-state index is -0.320. The van der Waals surface area contributed by atoms with Crippen LogP contribution in [0.1, 0.15) is 44.1 Å². The SMILES string of the molecule is NNC(=NC1CCCCCC1)c1c(F)cccc1Br. The summed E-state index contributed by atoms with van der Waals surface area (Å²) in [6.45, 7) is 0. The van der Waals surface area contributed by atoms with Crippen LogP contribution in [0, 0.1) is 5.82 Å². The van der Waals surface area contributed by atoms with E-state index >= 15 is 0 Å². The van der Waals surface area contributed by atoms with Crippen LogP contribution in [0.4, 0.5) is 4.39 Å². The summed E-state index contributed by atoms with van der Waals surface area (Å²) >= 11 is 3.35. The van der Waals surface area contributed by atoms with Gasteiger partial charge in [0, 0.05) is 4.47 Å². The largest absolute Gasteiger partial charge is 0.308 e. The molecule has 1 aromatic rings. The zero-order valence-corrected chi connectivity index (χ0v) is 12.4. The van der Waals surface area contributed by atoms with Crippen molar-refractivity contribution in [3.8, 4) is 0 Å². The number of nitrogens with zero attached hydrogens (tertiary/aromatic N) is 1. The van der Waals surface area contributed by atoms with Crippen molar-refractivity contribution in [3.05, 3.63) is 34.1 Å². The Bertz CT molecular complexity index is 434. The van der Waals surface area contributed by atoms with E-state index in [2.05, 4.69) is 26.3 Å². The molecule has 2 rings (SSSR count). The second-order valence-corrected chi connectivity index (χ2v) is 5.72. The van der Waals surface area contributed by atoms with E-state index in [-0.39, 0.29) is 11.9 Å². The first-order valence-electron chi connectivity index (χ1n) is 6.71. The summed E-state index contributed by atoms with van der Waals surface area (Å²) in [5.74, 6) is 5.64. The van der Waals surface area contributed by atoms with Crippen molar-refractivity contribution in [1.82, 2.24) is 5.43 Å². The quantitative estimate of drug-likeness (QED) is 0.287. The molecule has 1 aromatic carbocycles. The van der Waals surface area contributed by atoms with Crippen molar-refractivity contribution < 1.29 is 4.39 Å². The lowest BCUT2D eigenvalue weighted by Crippen LogP contribution is -2.33. The first-order chi connectivity index (χ1) is 9.22. The molecule has 0 unspecified atom stereocenters. The maximum absolute atomic E-state index is 13.9. The number of aliphatic imine (C=N–C) groups is 1. The predicted octanol–water partition coefficient (Wildman–Crippen LogP) is 3.52. The van der Waals surface area contributed by atoms with Crippen LogP contribution in [0.2, 0.25) is 0 Å². The van der Waals surface area contributed by atoms with Gasteiger partial charge in [-0.15, -0.1) is 0 Å². The summed E-state index contributed by atoms with van der Waals surface area (Å²) in [6.07, 6.45) is 7.00. The maximum atomic E-state index is 13.9. The van der Waals surface area contributed by atoms with Gasteiger partial charge in [-0.3, -0.25) is 4.99 Å². The second-order valence-electron chi connectivity index (χ2n) is 4.86. The Morgan fingerprint density at radius 1 is 1.26 bits per heavy atom. The van der Waals surface area contributed by atoms with Gasteiger partial charge in [0.25, 0.3) is 0 Å². The van der Waals surface area contributed by atoms with Crippen LogP contribution in [0.25, 0.3) is 0 Å². The lowest BCUT2D eigenvalue weighted by atomic mass is 10.1. The van der Waals surface area contributed by atoms with Crippen LogP contribution < -0.4 is 11.3 Å². The number of rotatable bonds is 2. The average Bonchev–Trinajstić information content (AvgIpc) is 2.65. The second kappa shape index (κ2) is 7.01. The van der Waals surface area contributed by atoms with Gasteiger partial charge in [0.15, 0.2) is 0 Å². The Hall–Kier alpha value is -0.940. The van der Waals surface area contributed by atoms with Gasteiger partial charge in [-0.1, -0.05) is 31.7 Å². The molecule has 1 fully saturated rings. The minimum absolute atomic E-state index is 0.236. The van der Waals surface area contributed by atoms with Gasteiger partial charge < -0.3 is 5.43 Å². The molecule has 5 heteroatoms. The molecular formula is C14H19BrFN3. The topological polar surface area (TPSA) is 50.4 Å². The van der Waals surface area contributed by atoms with E-state index in [0.717, 1.165) is 12.8 Å². The third-order valence-corrected chi connectivity index (χ3v) is 4.13. The molecule has 0 saturated heterocycles. The summed E-state index contributed by atoms with van der Waals surface area (Å²) in [5.41, 5.74) is 2.96. The normalized spacial score (nSPS) is 18.2. The van der Waals surface area contributed by atoms with Crippen molar-refractivity contribution in [3.63, 3.8) is 0 Å². The number of hydrogen-bond donors (Lipinski definition) is 2. The summed E-state index contributed by atoms with van der Waals surface area (Å²) in [5, 5.41) is 0. The summed E-state index contributed by atoms with van der Waals surface area (Å²) in [4.78, 5) is 4.62. The van der Waals surface area contributed by atoms with Crippen molar-refractivity contribution >= 4 is 21.8 Å². The van der Waals surface area contributed by atoms with Gasteiger partial charge in [0.1, 0.15) is 11.7 Å². The number of nitrogens with two attached hydrogens (primary N) is 1. The smallest absolute Gasteiger partial charge is 0.146 e. The molecule has 0 atom stereocenters. The third kappa shape index (κ3) is 3.76. The highest BCUT2D eigenvalue weighted by Crippen LogP contribution is 2.23. The first kappa shape index (κ1) is 14.5. The van der Waals surface area contributed by atoms with Crippen molar-refractivity contribution in [2.45, 2.75) is 44.6 Å². The Balaban J connectivity index is 2.27. The number of halogens is 2. The fraction of sp³-hybridized carbons (Fsp3) is 0.500. The monoisotopic (exact) mass is 327 g/mol. The van der Waals surface area contributed by atoms with Crippen molar-refractivity contribution in [2.75, 3.05) is 0 Å². The maximum Gasteiger partial charge on any atom is 0.146 e. The molecule has 0 aromatic heterocycles. The molecule has 0 heterocycles. The molecule has 19 heavy (non-hydrogen) atoms. The summed E-state index contributed by atoms with van der Waals surface area (Å²) in [7, 11) is 0. The molecule has 0 spiro atoms. The number of benzene rings is 1. The third-order valence-electron chi connectivity index (χ3n) is 3.47. The van der Waals surface area contributed by atoms with Gasteiger partial charge in [-0.05, 0) is 40.9 Å². The number of nitrogens with one attached hydrogen (secondary N) is 1. The van der Waals surface area contributed by atoms with Crippen molar-refractivity contribution in [1.29, 1.82) is 0 Å². The molecule has 0 amide bonds. The van der Waals surface area contributed by atoms with Gasteiger partial charge in [-0.2, -0.15) is 0 Å². The van der Waals surface area contributed by atoms with E-state index in [9.17, 15) is 4.39 Å². The highest BCUT2D eigenvalue weighted by atomic mass is 79.9. The standard InChI is InChI=1S/C14H19BrFN3/c15-11-8-5-9-12(16)13(11)14(19-17)18-10-6-3-1-2-4-7-10/h5,8-10H,1-4,6-7,17H2,(H,18,19). The van der Waals surface area contributed by atoms with Gasteiger partial charge >= 0.3 is 0 Å². The average molecular weight is 328 g/mol. The molecule has 1 aliphatic carbocycles. The highest BCUT2D eigenvalue weighted by molar-refractivity contribution is 9.10. The fourth-order valence-corrected chi connectivity index (χ4v) is 3.00. The zero-order valence-electron chi connectivity index (χ0n) is 10.8. The van der Waals surface area contributed by atoms with Crippen molar-refractivity contribution in [2.24, 2.45) is 10.8 Å². The molecule has 3 nitrogen and oxygen atoms in total. The molecule has 1 saturated carbocycles. The molecule has 1 aliphatic rings. The van der Waals surface area contributed by atoms with Crippen LogP contribution in [0.15, 0.2) is 27.7 Å². The van der Waals surface area contributed by atoms with Crippen LogP contribution in [-0.2, 0) is 0 Å². The number of hydrazine groups is 1. The molecule has 104 valence electrons. The Kier molecular flexibility index (Phi) is 5.34. The van der Waals surface area contributed by atoms with Crippen LogP contribution in [-0.4, -0.2) is 11.9 Å². The van der Waals surface area contributed by atoms with E-state index in [1.165, 1.54) is 31.7 Å². The van der Waals surface area contributed by atoms with E-state index in [4.69, 9.17) is 5.84 Å². The van der Waals surface area contributed by atoms with Gasteiger partial charge in [0.05, 0.1) is 11.6 Å².